The van der Waals surface area contributed by atoms with Gasteiger partial charge in [-0.25, -0.2) is 4.79 Å². The van der Waals surface area contributed by atoms with E-state index in [0.29, 0.717) is 31.4 Å². The van der Waals surface area contributed by atoms with E-state index in [1.165, 1.54) is 22.8 Å². The molecule has 0 aliphatic carbocycles. The molecule has 0 saturated heterocycles. The lowest BCUT2D eigenvalue weighted by Crippen LogP contribution is -2.32. The minimum atomic E-state index is -0.584. The van der Waals surface area contributed by atoms with Crippen molar-refractivity contribution >= 4 is 22.7 Å². The standard InChI is InChI=1S/C16H22N4O5/c1-2-7-17-8-9-18-15(21)4-3-10-19-13-6-5-12(20(23)24)11-14(13)25-16(19)22/h5-6,11,17H,2-4,7-10H2,1H3,(H,18,21). The van der Waals surface area contributed by atoms with E-state index in [9.17, 15) is 19.7 Å². The van der Waals surface area contributed by atoms with Crippen molar-refractivity contribution in [3.05, 3.63) is 38.9 Å². The van der Waals surface area contributed by atoms with Crippen molar-refractivity contribution in [1.82, 2.24) is 15.2 Å². The van der Waals surface area contributed by atoms with E-state index in [-0.39, 0.29) is 17.2 Å². The molecule has 136 valence electrons. The Morgan fingerprint density at radius 1 is 1.32 bits per heavy atom. The number of rotatable bonds is 10. The Morgan fingerprint density at radius 2 is 2.12 bits per heavy atom. The van der Waals surface area contributed by atoms with Crippen LogP contribution < -0.4 is 16.4 Å². The number of nitro groups is 1. The van der Waals surface area contributed by atoms with Gasteiger partial charge in [-0.3, -0.25) is 19.5 Å². The molecule has 2 N–H and O–H groups in total. The fraction of sp³-hybridized carbons (Fsp3) is 0.500. The molecular formula is C16H22N4O5. The van der Waals surface area contributed by atoms with E-state index in [4.69, 9.17) is 4.42 Å². The van der Waals surface area contributed by atoms with Gasteiger partial charge in [0.05, 0.1) is 16.5 Å². The third kappa shape index (κ3) is 5.15. The summed E-state index contributed by atoms with van der Waals surface area (Å²) in [5.74, 6) is -0.658. The Hall–Kier alpha value is -2.68. The van der Waals surface area contributed by atoms with Gasteiger partial charge in [-0.1, -0.05) is 6.92 Å². The molecule has 25 heavy (non-hydrogen) atoms. The molecule has 0 bridgehead atoms. The highest BCUT2D eigenvalue weighted by molar-refractivity contribution is 5.76. The molecule has 0 saturated carbocycles. The monoisotopic (exact) mass is 350 g/mol. The molecule has 0 spiro atoms. The summed E-state index contributed by atoms with van der Waals surface area (Å²) < 4.78 is 6.43. The number of carbonyl (C=O) groups is 1. The maximum Gasteiger partial charge on any atom is 0.419 e. The topological polar surface area (TPSA) is 119 Å². The molecule has 0 unspecified atom stereocenters. The van der Waals surface area contributed by atoms with Crippen molar-refractivity contribution in [2.24, 2.45) is 0 Å². The van der Waals surface area contributed by atoms with Crippen LogP contribution in [0, 0.1) is 10.1 Å². The summed E-state index contributed by atoms with van der Waals surface area (Å²) in [6.45, 7) is 4.60. The first-order chi connectivity index (χ1) is 12.0. The van der Waals surface area contributed by atoms with E-state index in [1.807, 2.05) is 0 Å². The zero-order chi connectivity index (χ0) is 18.2. The summed E-state index contributed by atoms with van der Waals surface area (Å²) in [4.78, 5) is 33.8. The SMILES string of the molecule is CCCNCCNC(=O)CCCn1c(=O)oc2cc([N+](=O)[O-])ccc21. The van der Waals surface area contributed by atoms with Crippen LogP contribution in [0.5, 0.6) is 0 Å². The number of nitrogens with zero attached hydrogens (tertiary/aromatic N) is 2. The van der Waals surface area contributed by atoms with Crippen LogP contribution in [-0.4, -0.2) is 35.0 Å². The first-order valence-corrected chi connectivity index (χ1v) is 8.28. The van der Waals surface area contributed by atoms with Crippen molar-refractivity contribution in [2.75, 3.05) is 19.6 Å². The maximum atomic E-state index is 11.9. The Kier molecular flexibility index (Phi) is 6.70. The van der Waals surface area contributed by atoms with Crippen LogP contribution in [0.15, 0.2) is 27.4 Å². The Balaban J connectivity index is 1.86. The number of carbonyl (C=O) groups excluding carboxylic acids is 1. The van der Waals surface area contributed by atoms with Crippen LogP contribution in [0.3, 0.4) is 0 Å². The summed E-state index contributed by atoms with van der Waals surface area (Å²) >= 11 is 0. The Bertz CT molecular complexity index is 795. The van der Waals surface area contributed by atoms with E-state index < -0.39 is 10.7 Å². The first-order valence-electron chi connectivity index (χ1n) is 8.28. The molecule has 0 aliphatic rings. The van der Waals surface area contributed by atoms with Crippen LogP contribution in [0.1, 0.15) is 26.2 Å². The molecule has 2 rings (SSSR count). The van der Waals surface area contributed by atoms with Crippen molar-refractivity contribution < 1.29 is 14.1 Å². The highest BCUT2D eigenvalue weighted by atomic mass is 16.6. The van der Waals surface area contributed by atoms with Crippen molar-refractivity contribution in [3.63, 3.8) is 0 Å². The second kappa shape index (κ2) is 8.97. The van der Waals surface area contributed by atoms with Gasteiger partial charge >= 0.3 is 5.76 Å². The second-order valence-corrected chi connectivity index (χ2v) is 5.63. The van der Waals surface area contributed by atoms with Crippen LogP contribution in [0.25, 0.3) is 11.1 Å². The first kappa shape index (κ1) is 18.7. The smallest absolute Gasteiger partial charge is 0.407 e. The van der Waals surface area contributed by atoms with Gasteiger partial charge in [0.1, 0.15) is 0 Å². The quantitative estimate of drug-likeness (QED) is 0.380. The molecule has 0 radical (unpaired) electrons. The maximum absolute atomic E-state index is 11.9. The largest absolute Gasteiger partial charge is 0.419 e. The van der Waals surface area contributed by atoms with Crippen molar-refractivity contribution in [2.45, 2.75) is 32.7 Å². The number of nitro benzene ring substituents is 1. The molecule has 9 heteroatoms. The summed E-state index contributed by atoms with van der Waals surface area (Å²) in [6, 6.07) is 4.03. The van der Waals surface area contributed by atoms with Gasteiger partial charge in [0.25, 0.3) is 5.69 Å². The van der Waals surface area contributed by atoms with Crippen LogP contribution in [-0.2, 0) is 11.3 Å². The van der Waals surface area contributed by atoms with Crippen molar-refractivity contribution in [1.29, 1.82) is 0 Å². The second-order valence-electron chi connectivity index (χ2n) is 5.63. The van der Waals surface area contributed by atoms with Gasteiger partial charge < -0.3 is 15.1 Å². The zero-order valence-electron chi connectivity index (χ0n) is 14.1. The number of hydrogen-bond acceptors (Lipinski definition) is 6. The lowest BCUT2D eigenvalue weighted by atomic mass is 10.2. The molecule has 1 amide bonds. The number of oxazole rings is 1. The van der Waals surface area contributed by atoms with Gasteiger partial charge in [-0.2, -0.15) is 0 Å². The lowest BCUT2D eigenvalue weighted by molar-refractivity contribution is -0.384. The fourth-order valence-corrected chi connectivity index (χ4v) is 2.46. The van der Waals surface area contributed by atoms with Gasteiger partial charge in [-0.05, 0) is 25.5 Å². The van der Waals surface area contributed by atoms with Crippen LogP contribution in [0.4, 0.5) is 5.69 Å². The molecule has 2 aromatic rings. The number of fused-ring (bicyclic) bond motifs is 1. The van der Waals surface area contributed by atoms with E-state index in [0.717, 1.165) is 19.5 Å². The number of non-ortho nitro benzene ring substituents is 1. The number of benzene rings is 1. The summed E-state index contributed by atoms with van der Waals surface area (Å²) in [7, 11) is 0. The minimum absolute atomic E-state index is 0.0743. The molecule has 1 aromatic carbocycles. The zero-order valence-corrected chi connectivity index (χ0v) is 14.1. The van der Waals surface area contributed by atoms with Gasteiger partial charge in [0.2, 0.25) is 5.91 Å². The van der Waals surface area contributed by atoms with Crippen molar-refractivity contribution in [3.8, 4) is 0 Å². The fourth-order valence-electron chi connectivity index (χ4n) is 2.46. The normalized spacial score (nSPS) is 10.9. The number of aromatic nitrogens is 1. The average molecular weight is 350 g/mol. The minimum Gasteiger partial charge on any atom is -0.407 e. The van der Waals surface area contributed by atoms with Gasteiger partial charge in [0, 0.05) is 32.1 Å². The Morgan fingerprint density at radius 3 is 2.84 bits per heavy atom. The number of nitrogens with one attached hydrogen (secondary N) is 2. The molecular weight excluding hydrogens is 328 g/mol. The summed E-state index contributed by atoms with van der Waals surface area (Å²) in [6.07, 6.45) is 1.81. The van der Waals surface area contributed by atoms with Crippen LogP contribution in [0.2, 0.25) is 0 Å². The number of amides is 1. The third-order valence-corrected chi connectivity index (χ3v) is 3.70. The molecule has 1 aromatic heterocycles. The van der Waals surface area contributed by atoms with E-state index in [2.05, 4.69) is 17.6 Å². The van der Waals surface area contributed by atoms with Gasteiger partial charge in [0.15, 0.2) is 5.58 Å². The molecule has 9 nitrogen and oxygen atoms in total. The third-order valence-electron chi connectivity index (χ3n) is 3.70. The predicted octanol–water partition coefficient (Wildman–Crippen LogP) is 1.40. The van der Waals surface area contributed by atoms with Crippen LogP contribution >= 0.6 is 0 Å². The van der Waals surface area contributed by atoms with Gasteiger partial charge in [-0.15, -0.1) is 0 Å². The number of aryl methyl sites for hydroxylation is 1. The highest BCUT2D eigenvalue weighted by Crippen LogP contribution is 2.20. The average Bonchev–Trinajstić information content (AvgIpc) is 2.89. The Labute approximate surface area is 144 Å². The number of hydrogen-bond donors (Lipinski definition) is 2. The summed E-state index contributed by atoms with van der Waals surface area (Å²) in [5, 5.41) is 16.8. The molecule has 0 fully saturated rings. The predicted molar refractivity (Wildman–Crippen MR) is 92.5 cm³/mol. The lowest BCUT2D eigenvalue weighted by Gasteiger charge is -2.06. The highest BCUT2D eigenvalue weighted by Gasteiger charge is 2.14. The molecule has 0 aliphatic heterocycles. The summed E-state index contributed by atoms with van der Waals surface area (Å²) in [5.41, 5.74) is 0.523. The molecule has 0 atom stereocenters. The molecule has 1 heterocycles. The van der Waals surface area contributed by atoms with E-state index in [1.54, 1.807) is 0 Å². The van der Waals surface area contributed by atoms with E-state index >= 15 is 0 Å².